The number of benzene rings is 2. The van der Waals surface area contributed by atoms with Gasteiger partial charge in [-0.1, -0.05) is 47.5 Å². The Bertz CT molecular complexity index is 1530. The van der Waals surface area contributed by atoms with Crippen LogP contribution in [0.4, 0.5) is 13.6 Å². The highest BCUT2D eigenvalue weighted by Crippen LogP contribution is 2.36. The Morgan fingerprint density at radius 2 is 1.95 bits per heavy atom. The van der Waals surface area contributed by atoms with E-state index in [0.717, 1.165) is 28.8 Å². The van der Waals surface area contributed by atoms with Crippen LogP contribution in [0, 0.1) is 18.7 Å². The second-order valence-corrected chi connectivity index (χ2v) is 9.90. The highest BCUT2D eigenvalue weighted by atomic mass is 35.5. The third-order valence-corrected chi connectivity index (χ3v) is 7.30. The minimum Gasteiger partial charge on any atom is -0.333 e. The molecule has 0 spiro atoms. The highest BCUT2D eigenvalue weighted by molar-refractivity contribution is 6.42. The third kappa shape index (κ3) is 5.39. The highest BCUT2D eigenvalue weighted by Gasteiger charge is 2.27. The number of aromatic nitrogens is 2. The molecule has 3 heterocycles. The van der Waals surface area contributed by atoms with Crippen LogP contribution in [0.25, 0.3) is 17.0 Å². The van der Waals surface area contributed by atoms with E-state index < -0.39 is 5.95 Å². The predicted molar refractivity (Wildman–Crippen MR) is 143 cm³/mol. The van der Waals surface area contributed by atoms with E-state index in [0.29, 0.717) is 46.2 Å². The Labute approximate surface area is 223 Å². The maximum atomic E-state index is 13.9. The van der Waals surface area contributed by atoms with Crippen LogP contribution in [-0.4, -0.2) is 33.6 Å². The van der Waals surface area contributed by atoms with Gasteiger partial charge in [0.1, 0.15) is 5.82 Å². The number of carbonyl (C=O) groups is 1. The maximum absolute atomic E-state index is 13.9. The van der Waals surface area contributed by atoms with Crippen LogP contribution in [-0.2, 0) is 19.5 Å². The number of pyridine rings is 1. The molecule has 0 bridgehead atoms. The molecule has 1 N–H and O–H groups in total. The van der Waals surface area contributed by atoms with E-state index in [4.69, 9.17) is 23.2 Å². The lowest BCUT2D eigenvalue weighted by atomic mass is 10.0. The first-order valence-corrected chi connectivity index (χ1v) is 12.6. The smallest absolute Gasteiger partial charge is 0.326 e. The van der Waals surface area contributed by atoms with Crippen LogP contribution >= 0.6 is 23.2 Å². The summed E-state index contributed by atoms with van der Waals surface area (Å²) in [7, 11) is 0. The molecule has 1 aliphatic rings. The fraction of sp³-hybridized carbons (Fsp3) is 0.214. The Kier molecular flexibility index (Phi) is 7.29. The molecule has 1 aliphatic heterocycles. The van der Waals surface area contributed by atoms with Gasteiger partial charge in [-0.2, -0.15) is 4.39 Å². The van der Waals surface area contributed by atoms with Crippen molar-refractivity contribution in [1.82, 2.24) is 19.8 Å². The van der Waals surface area contributed by atoms with Crippen LogP contribution < -0.4 is 5.32 Å². The summed E-state index contributed by atoms with van der Waals surface area (Å²) in [6.07, 6.45) is 5.93. The quantitative estimate of drug-likeness (QED) is 0.284. The normalized spacial score (nSPS) is 13.9. The predicted octanol–water partition coefficient (Wildman–Crippen LogP) is 6.76. The van der Waals surface area contributed by atoms with Gasteiger partial charge in [-0.15, -0.1) is 0 Å². The number of nitrogens with one attached hydrogen (secondary N) is 1. The van der Waals surface area contributed by atoms with E-state index >= 15 is 0 Å². The number of aryl methyl sites for hydroxylation is 1. The summed E-state index contributed by atoms with van der Waals surface area (Å²) in [5.41, 5.74) is 4.62. The summed E-state index contributed by atoms with van der Waals surface area (Å²) in [6, 6.07) is 11.3. The molecule has 9 heteroatoms. The molecule has 0 unspecified atom stereocenters. The molecule has 2 aromatic carbocycles. The summed E-state index contributed by atoms with van der Waals surface area (Å²) in [6.45, 7) is 3.92. The molecular weight excluding hydrogens is 517 g/mol. The first kappa shape index (κ1) is 25.4. The zero-order valence-corrected chi connectivity index (χ0v) is 21.6. The number of hydrogen-bond acceptors (Lipinski definition) is 3. The standard InChI is InChI=1S/C28H24Cl2F2N4O/c1-17-4-5-18(11-24(17)31)3-2-9-35-10-7-25-21(16-35)20-13-22(29)23(30)14-26(20)36(25)28(37)34-15-19-6-8-33-27(32)12-19/h2-6,8,11-14H,7,9-10,15-16H2,1H3,(H,34,37)/b3-2+. The van der Waals surface area contributed by atoms with Crippen molar-refractivity contribution < 1.29 is 13.6 Å². The Balaban J connectivity index is 1.39. The van der Waals surface area contributed by atoms with Crippen LogP contribution in [0.5, 0.6) is 0 Å². The molecule has 0 fully saturated rings. The van der Waals surface area contributed by atoms with E-state index in [2.05, 4.69) is 15.2 Å². The van der Waals surface area contributed by atoms with Gasteiger partial charge in [-0.05, 0) is 59.5 Å². The molecule has 0 atom stereocenters. The zero-order valence-electron chi connectivity index (χ0n) is 20.1. The summed E-state index contributed by atoms with van der Waals surface area (Å²) in [5.74, 6) is -0.820. The van der Waals surface area contributed by atoms with Gasteiger partial charge in [-0.3, -0.25) is 9.47 Å². The lowest BCUT2D eigenvalue weighted by Gasteiger charge is -2.27. The summed E-state index contributed by atoms with van der Waals surface area (Å²) in [5, 5.41) is 4.52. The largest absolute Gasteiger partial charge is 0.333 e. The molecular formula is C28H24Cl2F2N4O. The van der Waals surface area contributed by atoms with Crippen molar-refractivity contribution in [3.63, 3.8) is 0 Å². The molecule has 0 radical (unpaired) electrons. The van der Waals surface area contributed by atoms with E-state index in [-0.39, 0.29) is 18.4 Å². The van der Waals surface area contributed by atoms with Gasteiger partial charge in [0.15, 0.2) is 0 Å². The first-order chi connectivity index (χ1) is 17.8. The average molecular weight is 541 g/mol. The fourth-order valence-corrected chi connectivity index (χ4v) is 4.97. The third-order valence-electron chi connectivity index (χ3n) is 6.58. The first-order valence-electron chi connectivity index (χ1n) is 11.8. The van der Waals surface area contributed by atoms with Gasteiger partial charge in [0.05, 0.1) is 15.6 Å². The van der Waals surface area contributed by atoms with Gasteiger partial charge >= 0.3 is 6.03 Å². The summed E-state index contributed by atoms with van der Waals surface area (Å²) in [4.78, 5) is 19.1. The molecule has 37 heavy (non-hydrogen) atoms. The molecule has 4 aromatic rings. The van der Waals surface area contributed by atoms with Gasteiger partial charge in [-0.25, -0.2) is 14.2 Å². The molecule has 0 saturated carbocycles. The molecule has 0 aliphatic carbocycles. The SMILES string of the molecule is Cc1ccc(/C=C/CN2CCc3c(c4cc(Cl)c(Cl)cc4n3C(=O)NCc3ccnc(F)c3)C2)cc1F. The second-order valence-electron chi connectivity index (χ2n) is 9.09. The number of halogens is 4. The van der Waals surface area contributed by atoms with E-state index in [9.17, 15) is 13.6 Å². The van der Waals surface area contributed by atoms with E-state index in [1.807, 2.05) is 18.2 Å². The van der Waals surface area contributed by atoms with Crippen LogP contribution in [0.2, 0.25) is 10.0 Å². The van der Waals surface area contributed by atoms with Gasteiger partial charge < -0.3 is 5.32 Å². The molecule has 190 valence electrons. The zero-order chi connectivity index (χ0) is 26.1. The minimum atomic E-state index is -0.599. The van der Waals surface area contributed by atoms with Crippen LogP contribution in [0.1, 0.15) is 27.9 Å². The Morgan fingerprint density at radius 1 is 1.14 bits per heavy atom. The van der Waals surface area contributed by atoms with Crippen LogP contribution in [0.15, 0.2) is 54.7 Å². The van der Waals surface area contributed by atoms with Gasteiger partial charge in [0.25, 0.3) is 0 Å². The van der Waals surface area contributed by atoms with Crippen molar-refractivity contribution >= 4 is 46.2 Å². The molecule has 5 rings (SSSR count). The summed E-state index contributed by atoms with van der Waals surface area (Å²) >= 11 is 12.7. The second kappa shape index (κ2) is 10.6. The molecule has 2 aromatic heterocycles. The summed E-state index contributed by atoms with van der Waals surface area (Å²) < 4.78 is 29.0. The van der Waals surface area contributed by atoms with E-state index in [1.165, 1.54) is 18.3 Å². The average Bonchev–Trinajstić information content (AvgIpc) is 3.17. The van der Waals surface area contributed by atoms with Crippen molar-refractivity contribution in [2.24, 2.45) is 0 Å². The molecule has 5 nitrogen and oxygen atoms in total. The number of carbonyl (C=O) groups excluding carboxylic acids is 1. The monoisotopic (exact) mass is 540 g/mol. The van der Waals surface area contributed by atoms with Crippen molar-refractivity contribution in [2.75, 3.05) is 13.1 Å². The lowest BCUT2D eigenvalue weighted by molar-refractivity contribution is 0.240. The van der Waals surface area contributed by atoms with Crippen molar-refractivity contribution in [3.8, 4) is 0 Å². The lowest BCUT2D eigenvalue weighted by Crippen LogP contribution is -2.34. The van der Waals surface area contributed by atoms with Crippen molar-refractivity contribution in [1.29, 1.82) is 0 Å². The molecule has 1 amide bonds. The number of rotatable bonds is 5. The number of fused-ring (bicyclic) bond motifs is 3. The topological polar surface area (TPSA) is 50.2 Å². The number of nitrogens with zero attached hydrogens (tertiary/aromatic N) is 3. The van der Waals surface area contributed by atoms with Gasteiger partial charge in [0, 0.05) is 49.9 Å². The van der Waals surface area contributed by atoms with E-state index in [1.54, 1.807) is 35.8 Å². The minimum absolute atomic E-state index is 0.157. The number of hydrogen-bond donors (Lipinski definition) is 1. The number of amides is 1. The van der Waals surface area contributed by atoms with Gasteiger partial charge in [0.2, 0.25) is 5.95 Å². The Hall–Kier alpha value is -3.26. The van der Waals surface area contributed by atoms with Crippen LogP contribution in [0.3, 0.4) is 0 Å². The van der Waals surface area contributed by atoms with Crippen molar-refractivity contribution in [2.45, 2.75) is 26.4 Å². The fourth-order valence-electron chi connectivity index (χ4n) is 4.65. The Morgan fingerprint density at radius 3 is 2.73 bits per heavy atom. The molecule has 0 saturated heterocycles. The van der Waals surface area contributed by atoms with Crippen molar-refractivity contribution in [3.05, 3.63) is 104 Å². The maximum Gasteiger partial charge on any atom is 0.326 e.